The average Bonchev–Trinajstić information content (AvgIpc) is 2.93. The van der Waals surface area contributed by atoms with Crippen LogP contribution in [0.1, 0.15) is 0 Å². The van der Waals surface area contributed by atoms with E-state index in [-0.39, 0.29) is 6.29 Å². The number of nitrogens with two attached hydrogens (primary N) is 1. The fourth-order valence-corrected chi connectivity index (χ4v) is 2.67. The highest BCUT2D eigenvalue weighted by molar-refractivity contribution is 8.03. The van der Waals surface area contributed by atoms with Gasteiger partial charge < -0.3 is 21.7 Å². The van der Waals surface area contributed by atoms with E-state index < -0.39 is 0 Å². The van der Waals surface area contributed by atoms with E-state index in [1.54, 1.807) is 22.6 Å². The minimum absolute atomic E-state index is 0.265. The highest BCUT2D eigenvalue weighted by atomic mass is 32.2. The van der Waals surface area contributed by atoms with E-state index in [1.165, 1.54) is 0 Å². The largest absolute Gasteiger partial charge is 0.399 e. The van der Waals surface area contributed by atoms with Crippen LogP contribution in [-0.4, -0.2) is 28.2 Å². The molecule has 2 heterocycles. The van der Waals surface area contributed by atoms with Crippen molar-refractivity contribution in [2.24, 2.45) is 12.0 Å². The summed E-state index contributed by atoms with van der Waals surface area (Å²) in [5.74, 6) is 0.795. The van der Waals surface area contributed by atoms with Crippen LogP contribution in [0.4, 0.5) is 17.1 Å². The number of hydrogen-bond donors (Lipinski definition) is 4. The van der Waals surface area contributed by atoms with Crippen molar-refractivity contribution >= 4 is 34.7 Å². The number of nitrogens with zero attached hydrogens (tertiary/aromatic N) is 3. The van der Waals surface area contributed by atoms with Crippen molar-refractivity contribution in [2.75, 3.05) is 22.6 Å². The number of nitrogen functional groups attached to an aromatic ring is 1. The molecule has 0 aliphatic carbocycles. The first kappa shape index (κ1) is 15.3. The van der Waals surface area contributed by atoms with Gasteiger partial charge in [0.05, 0.1) is 16.8 Å². The smallest absolute Gasteiger partial charge is 0.196 e. The number of nitrogens with one attached hydrogen (secondary N) is 3. The van der Waals surface area contributed by atoms with Crippen LogP contribution in [0.15, 0.2) is 52.8 Å². The predicted octanol–water partition coefficient (Wildman–Crippen LogP) is 2.02. The monoisotopic (exact) mass is 329 g/mol. The van der Waals surface area contributed by atoms with Crippen LogP contribution in [0.5, 0.6) is 0 Å². The minimum Gasteiger partial charge on any atom is -0.399 e. The molecule has 23 heavy (non-hydrogen) atoms. The van der Waals surface area contributed by atoms with Gasteiger partial charge in [-0.1, -0.05) is 6.07 Å². The third-order valence-corrected chi connectivity index (χ3v) is 3.99. The third kappa shape index (κ3) is 3.78. The van der Waals surface area contributed by atoms with E-state index in [9.17, 15) is 0 Å². The van der Waals surface area contributed by atoms with E-state index in [0.717, 1.165) is 22.1 Å². The van der Waals surface area contributed by atoms with Crippen molar-refractivity contribution in [1.29, 1.82) is 0 Å². The molecule has 7 nitrogen and oxygen atoms in total. The number of hydrogen-bond acceptors (Lipinski definition) is 7. The topological polar surface area (TPSA) is 92.3 Å². The van der Waals surface area contributed by atoms with E-state index in [4.69, 9.17) is 5.73 Å². The van der Waals surface area contributed by atoms with Crippen LogP contribution >= 0.6 is 11.8 Å². The molecule has 5 N–H and O–H groups in total. The number of aromatic nitrogens is 2. The molecule has 0 spiro atoms. The quantitative estimate of drug-likeness (QED) is 0.641. The summed E-state index contributed by atoms with van der Waals surface area (Å²) in [5, 5.41) is 14.0. The lowest BCUT2D eigenvalue weighted by atomic mass is 10.3. The molecule has 0 radical (unpaired) electrons. The van der Waals surface area contributed by atoms with Gasteiger partial charge in [-0.3, -0.25) is 4.68 Å². The second kappa shape index (κ2) is 6.66. The Morgan fingerprint density at radius 2 is 2.22 bits per heavy atom. The van der Waals surface area contributed by atoms with Crippen LogP contribution < -0.4 is 21.7 Å². The molecule has 3 rings (SSSR count). The molecule has 1 aromatic heterocycles. The van der Waals surface area contributed by atoms with Gasteiger partial charge in [-0.2, -0.15) is 5.10 Å². The number of benzene rings is 1. The SMILES string of the molecule is CSC1=CNC(Nc2cnn(C)c2)N=C1Nc1cccc(N)c1. The minimum atomic E-state index is -0.265. The van der Waals surface area contributed by atoms with Gasteiger partial charge in [0.2, 0.25) is 0 Å². The molecule has 1 atom stereocenters. The summed E-state index contributed by atoms with van der Waals surface area (Å²) < 4.78 is 1.74. The van der Waals surface area contributed by atoms with E-state index in [0.29, 0.717) is 5.69 Å². The standard InChI is InChI=1S/C15H19N7S/c1-22-9-12(7-18-22)20-15-17-8-13(23-2)14(21-15)19-11-5-3-4-10(16)6-11/h3-9,15,17,20H,16H2,1-2H3,(H,19,21). The third-order valence-electron chi connectivity index (χ3n) is 3.24. The molecule has 120 valence electrons. The number of aryl methyl sites for hydroxylation is 1. The van der Waals surface area contributed by atoms with Gasteiger partial charge in [-0.25, -0.2) is 4.99 Å². The Labute approximate surface area is 139 Å². The van der Waals surface area contributed by atoms with Gasteiger partial charge >= 0.3 is 0 Å². The van der Waals surface area contributed by atoms with Gasteiger partial charge in [0.25, 0.3) is 0 Å². The molecule has 0 bridgehead atoms. The van der Waals surface area contributed by atoms with Gasteiger partial charge in [0.1, 0.15) is 5.84 Å². The molecular weight excluding hydrogens is 310 g/mol. The summed E-state index contributed by atoms with van der Waals surface area (Å²) in [6.45, 7) is 0. The van der Waals surface area contributed by atoms with Crippen LogP contribution in [0.2, 0.25) is 0 Å². The average molecular weight is 329 g/mol. The molecular formula is C15H19N7S. The van der Waals surface area contributed by atoms with Crippen LogP contribution in [0, 0.1) is 0 Å². The Morgan fingerprint density at radius 3 is 2.91 bits per heavy atom. The zero-order valence-electron chi connectivity index (χ0n) is 12.9. The lowest BCUT2D eigenvalue weighted by Crippen LogP contribution is -2.37. The molecule has 0 saturated carbocycles. The maximum absolute atomic E-state index is 5.83. The Balaban J connectivity index is 1.77. The Morgan fingerprint density at radius 1 is 1.35 bits per heavy atom. The van der Waals surface area contributed by atoms with Crippen LogP contribution in [0.3, 0.4) is 0 Å². The molecule has 0 saturated heterocycles. The summed E-state index contributed by atoms with van der Waals surface area (Å²) in [6.07, 6.45) is 7.35. The van der Waals surface area contributed by atoms with Gasteiger partial charge in [-0.05, 0) is 24.5 Å². The highest BCUT2D eigenvalue weighted by Crippen LogP contribution is 2.21. The first-order chi connectivity index (χ1) is 11.1. The van der Waals surface area contributed by atoms with Gasteiger partial charge in [-0.15, -0.1) is 11.8 Å². The second-order valence-electron chi connectivity index (χ2n) is 5.06. The molecule has 2 aromatic rings. The molecule has 1 aromatic carbocycles. The molecule has 0 fully saturated rings. The summed E-state index contributed by atoms with van der Waals surface area (Å²) in [5.41, 5.74) is 8.35. The molecule has 1 unspecified atom stereocenters. The van der Waals surface area contributed by atoms with Crippen molar-refractivity contribution < 1.29 is 0 Å². The maximum atomic E-state index is 5.83. The Hall–Kier alpha value is -2.61. The lowest BCUT2D eigenvalue weighted by molar-refractivity contribution is 0.679. The normalized spacial score (nSPS) is 17.0. The molecule has 1 aliphatic rings. The predicted molar refractivity (Wildman–Crippen MR) is 97.3 cm³/mol. The second-order valence-corrected chi connectivity index (χ2v) is 5.91. The Bertz CT molecular complexity index is 750. The summed E-state index contributed by atoms with van der Waals surface area (Å²) in [6, 6.07) is 7.61. The van der Waals surface area contributed by atoms with Crippen molar-refractivity contribution in [3.05, 3.63) is 47.8 Å². The zero-order valence-corrected chi connectivity index (χ0v) is 13.8. The highest BCUT2D eigenvalue weighted by Gasteiger charge is 2.17. The summed E-state index contributed by atoms with van der Waals surface area (Å²) >= 11 is 1.62. The number of anilines is 3. The van der Waals surface area contributed by atoms with Crippen LogP contribution in [0.25, 0.3) is 0 Å². The molecule has 8 heteroatoms. The maximum Gasteiger partial charge on any atom is 0.196 e. The van der Waals surface area contributed by atoms with Gasteiger partial charge in [0.15, 0.2) is 6.29 Å². The van der Waals surface area contributed by atoms with Crippen molar-refractivity contribution in [2.45, 2.75) is 6.29 Å². The van der Waals surface area contributed by atoms with Crippen LogP contribution in [-0.2, 0) is 7.05 Å². The number of aliphatic imine (C=N–C) groups is 1. The summed E-state index contributed by atoms with van der Waals surface area (Å²) in [7, 11) is 1.88. The number of thioether (sulfide) groups is 1. The molecule has 0 amide bonds. The fourth-order valence-electron chi connectivity index (χ4n) is 2.18. The Kier molecular flexibility index (Phi) is 4.42. The van der Waals surface area contributed by atoms with E-state index in [1.807, 2.05) is 50.0 Å². The first-order valence-corrected chi connectivity index (χ1v) is 8.32. The van der Waals surface area contributed by atoms with Gasteiger partial charge in [0, 0.05) is 30.8 Å². The van der Waals surface area contributed by atoms with Crippen molar-refractivity contribution in [3.8, 4) is 0 Å². The van der Waals surface area contributed by atoms with E-state index >= 15 is 0 Å². The zero-order chi connectivity index (χ0) is 16.2. The number of rotatable bonds is 4. The number of amidine groups is 1. The lowest BCUT2D eigenvalue weighted by Gasteiger charge is -2.23. The fraction of sp³-hybridized carbons (Fsp3) is 0.200. The van der Waals surface area contributed by atoms with Crippen molar-refractivity contribution in [3.63, 3.8) is 0 Å². The summed E-state index contributed by atoms with van der Waals surface area (Å²) in [4.78, 5) is 5.70. The molecule has 1 aliphatic heterocycles. The first-order valence-electron chi connectivity index (χ1n) is 7.10. The van der Waals surface area contributed by atoms with Crippen molar-refractivity contribution in [1.82, 2.24) is 15.1 Å². The van der Waals surface area contributed by atoms with E-state index in [2.05, 4.69) is 26.0 Å².